The molecular formula is C21H22ClN3O2. The molecule has 27 heavy (non-hydrogen) atoms. The Kier molecular flexibility index (Phi) is 5.07. The lowest BCUT2D eigenvalue weighted by molar-refractivity contribution is -0.114. The van der Waals surface area contributed by atoms with Crippen LogP contribution in [0.4, 0.5) is 0 Å². The molecule has 5 nitrogen and oxygen atoms in total. The molecular weight excluding hydrogens is 362 g/mol. The summed E-state index contributed by atoms with van der Waals surface area (Å²) in [6.07, 6.45) is 2.24. The SMILES string of the molecule is C=CC(=O)CCc1cc(-n2nc3ccc(Cl)cc3n2)c(O)c(C(C)(C)C)c1. The van der Waals surface area contributed by atoms with Crippen LogP contribution in [0.1, 0.15) is 38.3 Å². The number of aromatic nitrogens is 3. The number of aryl methyl sites for hydroxylation is 1. The average Bonchev–Trinajstić information content (AvgIpc) is 3.02. The van der Waals surface area contributed by atoms with Gasteiger partial charge >= 0.3 is 0 Å². The highest BCUT2D eigenvalue weighted by Gasteiger charge is 2.23. The van der Waals surface area contributed by atoms with Crippen molar-refractivity contribution in [3.8, 4) is 11.4 Å². The lowest BCUT2D eigenvalue weighted by atomic mass is 9.84. The Labute approximate surface area is 163 Å². The fraction of sp³-hybridized carbons (Fsp3) is 0.286. The van der Waals surface area contributed by atoms with Crippen LogP contribution in [0.2, 0.25) is 5.02 Å². The number of nitrogens with zero attached hydrogens (tertiary/aromatic N) is 3. The van der Waals surface area contributed by atoms with Crippen LogP contribution in [-0.4, -0.2) is 25.9 Å². The molecule has 3 aromatic rings. The van der Waals surface area contributed by atoms with Crippen molar-refractivity contribution >= 4 is 28.4 Å². The highest BCUT2D eigenvalue weighted by molar-refractivity contribution is 6.31. The van der Waals surface area contributed by atoms with E-state index in [1.165, 1.54) is 10.9 Å². The van der Waals surface area contributed by atoms with E-state index in [0.29, 0.717) is 34.6 Å². The largest absolute Gasteiger partial charge is 0.505 e. The summed E-state index contributed by atoms with van der Waals surface area (Å²) in [7, 11) is 0. The van der Waals surface area contributed by atoms with Crippen LogP contribution in [0, 0.1) is 0 Å². The number of phenolic OH excluding ortho intramolecular Hbond substituents is 1. The van der Waals surface area contributed by atoms with E-state index in [1.54, 1.807) is 18.2 Å². The number of hydrogen-bond donors (Lipinski definition) is 1. The molecule has 0 aliphatic carbocycles. The van der Waals surface area contributed by atoms with E-state index in [2.05, 4.69) is 16.8 Å². The first-order chi connectivity index (χ1) is 12.7. The van der Waals surface area contributed by atoms with Gasteiger partial charge in [0.1, 0.15) is 22.5 Å². The Hall–Kier alpha value is -2.66. The summed E-state index contributed by atoms with van der Waals surface area (Å²) in [6.45, 7) is 9.59. The van der Waals surface area contributed by atoms with Crippen molar-refractivity contribution in [1.82, 2.24) is 15.0 Å². The van der Waals surface area contributed by atoms with Crippen molar-refractivity contribution in [2.24, 2.45) is 0 Å². The van der Waals surface area contributed by atoms with E-state index in [4.69, 9.17) is 11.6 Å². The average molecular weight is 384 g/mol. The van der Waals surface area contributed by atoms with E-state index in [-0.39, 0.29) is 16.9 Å². The Morgan fingerprint density at radius 3 is 2.59 bits per heavy atom. The van der Waals surface area contributed by atoms with E-state index in [1.807, 2.05) is 32.9 Å². The van der Waals surface area contributed by atoms with Crippen LogP contribution in [0.25, 0.3) is 16.7 Å². The summed E-state index contributed by atoms with van der Waals surface area (Å²) in [5.74, 6) is 0.118. The third-order valence-electron chi connectivity index (χ3n) is 4.40. The van der Waals surface area contributed by atoms with Gasteiger partial charge in [-0.25, -0.2) is 0 Å². The number of allylic oxidation sites excluding steroid dienone is 1. The molecule has 2 aromatic carbocycles. The molecule has 0 saturated carbocycles. The zero-order valence-corrected chi connectivity index (χ0v) is 16.4. The predicted octanol–water partition coefficient (Wildman–Crippen LogP) is 4.76. The minimum Gasteiger partial charge on any atom is -0.505 e. The number of aromatic hydroxyl groups is 1. The van der Waals surface area contributed by atoms with E-state index in [0.717, 1.165) is 11.1 Å². The Bertz CT molecular complexity index is 1030. The fourth-order valence-corrected chi connectivity index (χ4v) is 3.08. The third kappa shape index (κ3) is 4.03. The summed E-state index contributed by atoms with van der Waals surface area (Å²) < 4.78 is 0. The predicted molar refractivity (Wildman–Crippen MR) is 108 cm³/mol. The Morgan fingerprint density at radius 1 is 1.22 bits per heavy atom. The second kappa shape index (κ2) is 7.16. The second-order valence-corrected chi connectivity index (χ2v) is 7.99. The third-order valence-corrected chi connectivity index (χ3v) is 4.64. The van der Waals surface area contributed by atoms with Gasteiger partial charge in [-0.3, -0.25) is 4.79 Å². The first kappa shape index (κ1) is 19.1. The highest BCUT2D eigenvalue weighted by Crippen LogP contribution is 2.36. The molecule has 0 unspecified atom stereocenters. The molecule has 0 saturated heterocycles. The number of ketones is 1. The second-order valence-electron chi connectivity index (χ2n) is 7.55. The molecule has 1 aromatic heterocycles. The van der Waals surface area contributed by atoms with Crippen molar-refractivity contribution in [1.29, 1.82) is 0 Å². The molecule has 6 heteroatoms. The van der Waals surface area contributed by atoms with E-state index < -0.39 is 0 Å². The fourth-order valence-electron chi connectivity index (χ4n) is 2.91. The summed E-state index contributed by atoms with van der Waals surface area (Å²) in [6, 6.07) is 9.03. The van der Waals surface area contributed by atoms with Gasteiger partial charge in [-0.05, 0) is 47.7 Å². The molecule has 0 aliphatic heterocycles. The first-order valence-corrected chi connectivity index (χ1v) is 9.11. The Morgan fingerprint density at radius 2 is 1.93 bits per heavy atom. The summed E-state index contributed by atoms with van der Waals surface area (Å²) in [5.41, 5.74) is 3.24. The lowest BCUT2D eigenvalue weighted by Crippen LogP contribution is -2.14. The van der Waals surface area contributed by atoms with Crippen LogP contribution in [-0.2, 0) is 16.6 Å². The summed E-state index contributed by atoms with van der Waals surface area (Å²) in [5, 5.41) is 20.4. The summed E-state index contributed by atoms with van der Waals surface area (Å²) in [4.78, 5) is 13.0. The number of hydrogen-bond acceptors (Lipinski definition) is 4. The minimum absolute atomic E-state index is 0.0143. The van der Waals surface area contributed by atoms with Crippen molar-refractivity contribution in [2.45, 2.75) is 39.0 Å². The van der Waals surface area contributed by atoms with Gasteiger partial charge in [-0.2, -0.15) is 0 Å². The highest BCUT2D eigenvalue weighted by atomic mass is 35.5. The van der Waals surface area contributed by atoms with Crippen molar-refractivity contribution < 1.29 is 9.90 Å². The van der Waals surface area contributed by atoms with Gasteiger partial charge in [-0.15, -0.1) is 15.0 Å². The standard InChI is InChI=1S/C21H22ClN3O2/c1-5-15(26)8-6-13-10-16(21(2,3)4)20(27)19(11-13)25-23-17-9-7-14(22)12-18(17)24-25/h5,7,9-12,27H,1,6,8H2,2-4H3. The molecule has 0 spiro atoms. The topological polar surface area (TPSA) is 68.0 Å². The van der Waals surface area contributed by atoms with E-state index in [9.17, 15) is 9.90 Å². The molecule has 0 fully saturated rings. The molecule has 0 amide bonds. The molecule has 0 aliphatic rings. The van der Waals surface area contributed by atoms with Gasteiger partial charge in [0.15, 0.2) is 5.78 Å². The lowest BCUT2D eigenvalue weighted by Gasteiger charge is -2.23. The molecule has 1 heterocycles. The molecule has 1 N–H and O–H groups in total. The van der Waals surface area contributed by atoms with Crippen LogP contribution in [0.3, 0.4) is 0 Å². The number of fused-ring (bicyclic) bond motifs is 1. The van der Waals surface area contributed by atoms with Crippen molar-refractivity contribution in [2.75, 3.05) is 0 Å². The molecule has 0 radical (unpaired) electrons. The van der Waals surface area contributed by atoms with Gasteiger partial charge < -0.3 is 5.11 Å². The zero-order chi connectivity index (χ0) is 19.8. The number of benzene rings is 2. The quantitative estimate of drug-likeness (QED) is 0.644. The van der Waals surface area contributed by atoms with Crippen LogP contribution in [0.5, 0.6) is 5.75 Å². The molecule has 0 atom stereocenters. The van der Waals surface area contributed by atoms with Gasteiger partial charge in [0.25, 0.3) is 0 Å². The normalized spacial score (nSPS) is 11.7. The van der Waals surface area contributed by atoms with Crippen LogP contribution >= 0.6 is 11.6 Å². The summed E-state index contributed by atoms with van der Waals surface area (Å²) >= 11 is 6.03. The minimum atomic E-state index is -0.285. The molecule has 3 rings (SSSR count). The zero-order valence-electron chi connectivity index (χ0n) is 15.7. The number of rotatable bonds is 5. The maximum absolute atomic E-state index is 11.6. The van der Waals surface area contributed by atoms with E-state index >= 15 is 0 Å². The maximum atomic E-state index is 11.6. The number of carbonyl (C=O) groups is 1. The van der Waals surface area contributed by atoms with Crippen molar-refractivity contribution in [3.63, 3.8) is 0 Å². The van der Waals surface area contributed by atoms with Gasteiger partial charge in [0.05, 0.1) is 0 Å². The monoisotopic (exact) mass is 383 g/mol. The molecule has 140 valence electrons. The van der Waals surface area contributed by atoms with Crippen molar-refractivity contribution in [3.05, 3.63) is 59.1 Å². The van der Waals surface area contributed by atoms with Gasteiger partial charge in [0, 0.05) is 17.0 Å². The number of halogens is 1. The van der Waals surface area contributed by atoms with Crippen LogP contribution < -0.4 is 0 Å². The van der Waals surface area contributed by atoms with Gasteiger partial charge in [0.2, 0.25) is 0 Å². The maximum Gasteiger partial charge on any atom is 0.155 e. The van der Waals surface area contributed by atoms with Gasteiger partial charge in [-0.1, -0.05) is 45.0 Å². The smallest absolute Gasteiger partial charge is 0.155 e. The Balaban J connectivity index is 2.13. The number of carbonyl (C=O) groups excluding carboxylic acids is 1. The van der Waals surface area contributed by atoms with Crippen LogP contribution in [0.15, 0.2) is 43.0 Å². The molecule has 0 bridgehead atoms. The number of phenols is 1. The first-order valence-electron chi connectivity index (χ1n) is 8.73.